The van der Waals surface area contributed by atoms with E-state index in [0.717, 1.165) is 37.2 Å². The number of imidazole rings is 1. The Hall–Kier alpha value is -2.81. The molecule has 6 heteroatoms. The van der Waals surface area contributed by atoms with E-state index in [1.165, 1.54) is 0 Å². The predicted molar refractivity (Wildman–Crippen MR) is 131 cm³/mol. The number of methoxy groups -OCH3 is 1. The van der Waals surface area contributed by atoms with Gasteiger partial charge < -0.3 is 10.1 Å². The molecular weight excluding hydrogens is 412 g/mol. The largest absolute Gasteiger partial charge is 0.495 e. The van der Waals surface area contributed by atoms with Gasteiger partial charge in [0, 0.05) is 13.0 Å². The third-order valence-corrected chi connectivity index (χ3v) is 6.38. The van der Waals surface area contributed by atoms with Crippen molar-refractivity contribution < 1.29 is 13.6 Å². The summed E-state index contributed by atoms with van der Waals surface area (Å²) in [4.78, 5) is 17.6. The molecule has 0 spiro atoms. The Kier molecular flexibility index (Phi) is 6.56. The van der Waals surface area contributed by atoms with Gasteiger partial charge in [0.2, 0.25) is 0 Å². The molecule has 1 heterocycles. The summed E-state index contributed by atoms with van der Waals surface area (Å²) in [7, 11) is -2.67. The van der Waals surface area contributed by atoms with Crippen LogP contribution in [-0.4, -0.2) is 29.0 Å². The Labute approximate surface area is 202 Å². The molecule has 6 nitrogen and oxygen atoms in total. The lowest BCUT2D eigenvalue weighted by Crippen LogP contribution is -2.31. The van der Waals surface area contributed by atoms with Crippen LogP contribution in [0.5, 0.6) is 5.75 Å². The molecule has 0 bridgehead atoms. The van der Waals surface area contributed by atoms with Crippen LogP contribution in [0.3, 0.4) is 0 Å². The first kappa shape index (κ1) is 20.8. The quantitative estimate of drug-likeness (QED) is 0.604. The van der Waals surface area contributed by atoms with Crippen LogP contribution in [0.15, 0.2) is 18.2 Å². The van der Waals surface area contributed by atoms with Gasteiger partial charge in [-0.3, -0.25) is 9.36 Å². The van der Waals surface area contributed by atoms with Crippen molar-refractivity contribution in [1.82, 2.24) is 14.9 Å². The van der Waals surface area contributed by atoms with Crippen LogP contribution in [0.2, 0.25) is 0 Å². The smallest absolute Gasteiger partial charge is 0.272 e. The average Bonchev–Trinajstić information content (AvgIpc) is 3.15. The highest BCUT2D eigenvalue weighted by atomic mass is 16.5. The molecule has 1 aliphatic carbocycles. The number of rotatable bonds is 7. The third-order valence-electron chi connectivity index (χ3n) is 6.38. The monoisotopic (exact) mass is 453 g/mol. The molecular formula is C27H38N4O2. The van der Waals surface area contributed by atoms with E-state index in [4.69, 9.17) is 8.85 Å². The number of amides is 1. The molecule has 1 amide bonds. The number of aryl methyl sites for hydroxylation is 1. The zero-order valence-electron chi connectivity index (χ0n) is 23.5. The normalized spacial score (nSPS) is 20.3. The second-order valence-electron chi connectivity index (χ2n) is 10.5. The first-order chi connectivity index (χ1) is 16.8. The highest BCUT2D eigenvalue weighted by molar-refractivity contribution is 5.94. The summed E-state index contributed by atoms with van der Waals surface area (Å²) in [5.74, 6) is 1.39. The molecule has 33 heavy (non-hydrogen) atoms. The molecule has 1 aromatic heterocycles. The topological polar surface area (TPSA) is 79.9 Å². The van der Waals surface area contributed by atoms with Crippen molar-refractivity contribution in [2.75, 3.05) is 13.6 Å². The minimum atomic E-state index is -2.67. The summed E-state index contributed by atoms with van der Waals surface area (Å²) < 4.78 is 30.0. The molecule has 0 radical (unpaired) electrons. The number of carbonyl (C=O) groups excluding carboxylic acids is 1. The van der Waals surface area contributed by atoms with Gasteiger partial charge in [0.15, 0.2) is 11.4 Å². The van der Waals surface area contributed by atoms with Crippen molar-refractivity contribution in [3.05, 3.63) is 41.0 Å². The molecule has 1 aliphatic rings. The van der Waals surface area contributed by atoms with Crippen molar-refractivity contribution in [1.29, 1.82) is 5.26 Å². The maximum Gasteiger partial charge on any atom is 0.272 e. The SMILES string of the molecule is [2H]C([2H])([2H])Oc1cc(CC(C)(C)C)ccc1-n1c(CC)nc(C(=O)NCC2CCC(C)CC2)c1C#N. The molecule has 178 valence electrons. The fourth-order valence-electron chi connectivity index (χ4n) is 4.63. The van der Waals surface area contributed by atoms with Crippen LogP contribution in [0.25, 0.3) is 5.69 Å². The van der Waals surface area contributed by atoms with Crippen LogP contribution in [0.1, 0.15) is 92.0 Å². The van der Waals surface area contributed by atoms with Crippen molar-refractivity contribution in [2.45, 2.75) is 73.1 Å². The number of nitrogens with zero attached hydrogens (tertiary/aromatic N) is 3. The lowest BCUT2D eigenvalue weighted by atomic mass is 9.83. The zero-order chi connectivity index (χ0) is 26.7. The minimum Gasteiger partial charge on any atom is -0.495 e. The van der Waals surface area contributed by atoms with Gasteiger partial charge in [-0.2, -0.15) is 5.26 Å². The van der Waals surface area contributed by atoms with Crippen molar-refractivity contribution in [3.63, 3.8) is 0 Å². The summed E-state index contributed by atoms with van der Waals surface area (Å²) >= 11 is 0. The lowest BCUT2D eigenvalue weighted by molar-refractivity contribution is 0.0937. The van der Waals surface area contributed by atoms with Gasteiger partial charge in [0.1, 0.15) is 17.6 Å². The van der Waals surface area contributed by atoms with E-state index >= 15 is 0 Å². The Morgan fingerprint density at radius 3 is 2.67 bits per heavy atom. The molecule has 1 fully saturated rings. The van der Waals surface area contributed by atoms with Gasteiger partial charge in [-0.05, 0) is 54.2 Å². The van der Waals surface area contributed by atoms with Gasteiger partial charge in [-0.15, -0.1) is 0 Å². The van der Waals surface area contributed by atoms with Gasteiger partial charge in [0.25, 0.3) is 5.91 Å². The number of aromatic nitrogens is 2. The fourth-order valence-corrected chi connectivity index (χ4v) is 4.63. The highest BCUT2D eigenvalue weighted by Gasteiger charge is 2.26. The number of hydrogen-bond acceptors (Lipinski definition) is 4. The molecule has 0 unspecified atom stereocenters. The molecule has 1 aromatic carbocycles. The number of ether oxygens (including phenoxy) is 1. The highest BCUT2D eigenvalue weighted by Crippen LogP contribution is 2.31. The van der Waals surface area contributed by atoms with E-state index in [-0.39, 0.29) is 28.5 Å². The first-order valence-electron chi connectivity index (χ1n) is 13.4. The van der Waals surface area contributed by atoms with Crippen molar-refractivity contribution in [2.24, 2.45) is 17.3 Å². The van der Waals surface area contributed by atoms with Crippen LogP contribution >= 0.6 is 0 Å². The van der Waals surface area contributed by atoms with Gasteiger partial charge >= 0.3 is 0 Å². The predicted octanol–water partition coefficient (Wildman–Crippen LogP) is 5.46. The van der Waals surface area contributed by atoms with Crippen LogP contribution < -0.4 is 10.1 Å². The summed E-state index contributed by atoms with van der Waals surface area (Å²) in [6.07, 6.45) is 5.65. The molecule has 0 atom stereocenters. The molecule has 3 rings (SSSR count). The Morgan fingerprint density at radius 1 is 1.33 bits per heavy atom. The molecule has 0 saturated heterocycles. The van der Waals surface area contributed by atoms with E-state index in [9.17, 15) is 10.1 Å². The second-order valence-corrected chi connectivity index (χ2v) is 10.5. The van der Waals surface area contributed by atoms with Gasteiger partial charge in [-0.25, -0.2) is 4.98 Å². The lowest BCUT2D eigenvalue weighted by Gasteiger charge is -2.26. The van der Waals surface area contributed by atoms with E-state index < -0.39 is 7.04 Å². The Morgan fingerprint density at radius 2 is 2.06 bits per heavy atom. The number of nitriles is 1. The zero-order valence-corrected chi connectivity index (χ0v) is 20.5. The summed E-state index contributed by atoms with van der Waals surface area (Å²) in [6, 6.07) is 7.48. The van der Waals surface area contributed by atoms with Gasteiger partial charge in [-0.1, -0.05) is 53.5 Å². The summed E-state index contributed by atoms with van der Waals surface area (Å²) in [5.41, 5.74) is 1.41. The number of nitrogens with one attached hydrogen (secondary N) is 1. The Balaban J connectivity index is 1.99. The van der Waals surface area contributed by atoms with Crippen molar-refractivity contribution >= 4 is 5.91 Å². The van der Waals surface area contributed by atoms with Crippen LogP contribution in [0, 0.1) is 28.6 Å². The van der Waals surface area contributed by atoms with Crippen LogP contribution in [0.4, 0.5) is 0 Å². The summed E-state index contributed by atoms with van der Waals surface area (Å²) in [5, 5.41) is 13.0. The number of hydrogen-bond donors (Lipinski definition) is 1. The van der Waals surface area contributed by atoms with E-state index in [2.05, 4.69) is 44.1 Å². The minimum absolute atomic E-state index is 0.0121. The average molecular weight is 454 g/mol. The van der Waals surface area contributed by atoms with E-state index in [1.54, 1.807) is 16.7 Å². The maximum absolute atomic E-state index is 13.1. The number of benzene rings is 1. The standard InChI is InChI=1S/C27H38N4O2/c1-7-24-30-25(26(32)29-17-19-10-8-18(2)9-11-19)22(16-28)31(24)21-13-12-20(14-23(21)33-6)15-27(3,4)5/h12-14,18-19H,7-11,15,17H2,1-6H3,(H,29,32)/i6D3. The molecule has 1 saturated carbocycles. The fraction of sp³-hybridized carbons (Fsp3) is 0.593. The third kappa shape index (κ3) is 5.96. The van der Waals surface area contributed by atoms with E-state index in [0.29, 0.717) is 36.8 Å². The van der Waals surface area contributed by atoms with E-state index in [1.807, 2.05) is 13.0 Å². The maximum atomic E-state index is 13.1. The first-order valence-corrected chi connectivity index (χ1v) is 11.9. The van der Waals surface area contributed by atoms with Crippen LogP contribution in [-0.2, 0) is 12.8 Å². The summed E-state index contributed by atoms with van der Waals surface area (Å²) in [6.45, 7) is 11.0. The molecule has 0 aliphatic heterocycles. The molecule has 2 aromatic rings. The number of carbonyl (C=O) groups is 1. The Bertz CT molecular complexity index is 1120. The second kappa shape index (κ2) is 10.4. The van der Waals surface area contributed by atoms with Crippen molar-refractivity contribution in [3.8, 4) is 17.5 Å². The molecule has 1 N–H and O–H groups in total. The van der Waals surface area contributed by atoms with Gasteiger partial charge in [0.05, 0.1) is 16.8 Å².